The highest BCUT2D eigenvalue weighted by Crippen LogP contribution is 2.23. The Morgan fingerprint density at radius 3 is 2.52 bits per heavy atom. The van der Waals surface area contributed by atoms with Crippen LogP contribution in [0.5, 0.6) is 0 Å². The Hall–Kier alpha value is -1.54. The average Bonchev–Trinajstić information content (AvgIpc) is 2.84. The van der Waals surface area contributed by atoms with Gasteiger partial charge in [0, 0.05) is 5.56 Å². The molecule has 1 fully saturated rings. The van der Waals surface area contributed by atoms with Crippen molar-refractivity contribution in [2.24, 2.45) is 0 Å². The van der Waals surface area contributed by atoms with E-state index >= 15 is 0 Å². The molecule has 2 rings (SSSR count). The van der Waals surface area contributed by atoms with E-state index in [0.29, 0.717) is 24.2 Å². The second kappa shape index (κ2) is 8.23. The lowest BCUT2D eigenvalue weighted by Gasteiger charge is -2.27. The van der Waals surface area contributed by atoms with E-state index in [1.165, 1.54) is 0 Å². The van der Waals surface area contributed by atoms with Crippen LogP contribution in [0.25, 0.3) is 0 Å². The summed E-state index contributed by atoms with van der Waals surface area (Å²) in [4.78, 5) is 25.0. The van der Waals surface area contributed by atoms with Crippen molar-refractivity contribution in [1.82, 2.24) is 10.6 Å². The van der Waals surface area contributed by atoms with Crippen molar-refractivity contribution in [3.63, 3.8) is 0 Å². The molecule has 2 atom stereocenters. The molecule has 1 saturated heterocycles. The minimum Gasteiger partial charge on any atom is -0.348 e. The van der Waals surface area contributed by atoms with Crippen molar-refractivity contribution in [1.29, 1.82) is 0 Å². The van der Waals surface area contributed by atoms with Gasteiger partial charge in [0.25, 0.3) is 5.91 Å². The van der Waals surface area contributed by atoms with Gasteiger partial charge in [-0.05, 0) is 43.9 Å². The first-order valence-corrected chi connectivity index (χ1v) is 11.3. The summed E-state index contributed by atoms with van der Waals surface area (Å²) >= 11 is 1.58. The topological polar surface area (TPSA) is 92.3 Å². The van der Waals surface area contributed by atoms with Gasteiger partial charge in [0.15, 0.2) is 9.84 Å². The summed E-state index contributed by atoms with van der Waals surface area (Å²) in [6.45, 7) is 1.74. The van der Waals surface area contributed by atoms with Crippen LogP contribution in [0.3, 0.4) is 0 Å². The van der Waals surface area contributed by atoms with Crippen LogP contribution in [0.4, 0.5) is 0 Å². The number of hydrogen-bond donors (Lipinski definition) is 2. The average molecular weight is 385 g/mol. The Morgan fingerprint density at radius 1 is 1.28 bits per heavy atom. The van der Waals surface area contributed by atoms with Gasteiger partial charge in [-0.15, -0.1) is 0 Å². The van der Waals surface area contributed by atoms with E-state index in [1.807, 2.05) is 12.3 Å². The second-order valence-electron chi connectivity index (χ2n) is 6.57. The van der Waals surface area contributed by atoms with E-state index in [1.54, 1.807) is 43.0 Å². The minimum atomic E-state index is -3.11. The van der Waals surface area contributed by atoms with Crippen molar-refractivity contribution >= 4 is 33.4 Å². The standard InChI is InChI=1S/C17H24N2O4S2/c1-17(9-11-25(22,23)12-17)19-16(21)14(8-10-24-2)18-15(20)13-6-4-3-5-7-13/h3-7,14H,8-12H2,1-2H3,(H,18,20)(H,19,21)/t14-,17+/m0/s1. The smallest absolute Gasteiger partial charge is 0.251 e. The number of benzene rings is 1. The third-order valence-corrected chi connectivity index (χ3v) is 6.74. The largest absolute Gasteiger partial charge is 0.348 e. The summed E-state index contributed by atoms with van der Waals surface area (Å²) in [5.74, 6) is 0.0785. The molecule has 138 valence electrons. The van der Waals surface area contributed by atoms with Gasteiger partial charge in [-0.1, -0.05) is 18.2 Å². The maximum Gasteiger partial charge on any atom is 0.251 e. The molecule has 0 spiro atoms. The first-order valence-electron chi connectivity index (χ1n) is 8.12. The van der Waals surface area contributed by atoms with E-state index in [9.17, 15) is 18.0 Å². The molecule has 0 aromatic heterocycles. The summed E-state index contributed by atoms with van der Waals surface area (Å²) in [7, 11) is -3.11. The fourth-order valence-corrected chi connectivity index (χ4v) is 5.39. The number of nitrogens with one attached hydrogen (secondary N) is 2. The zero-order valence-corrected chi connectivity index (χ0v) is 16.1. The monoisotopic (exact) mass is 384 g/mol. The normalized spacial score (nSPS) is 23.0. The number of amides is 2. The van der Waals surface area contributed by atoms with Gasteiger partial charge in [-0.2, -0.15) is 11.8 Å². The molecular weight excluding hydrogens is 360 g/mol. The Morgan fingerprint density at radius 2 is 1.96 bits per heavy atom. The lowest BCUT2D eigenvalue weighted by molar-refractivity contribution is -0.124. The van der Waals surface area contributed by atoms with Crippen LogP contribution >= 0.6 is 11.8 Å². The summed E-state index contributed by atoms with van der Waals surface area (Å²) in [5, 5.41) is 5.60. The van der Waals surface area contributed by atoms with E-state index in [2.05, 4.69) is 10.6 Å². The lowest BCUT2D eigenvalue weighted by Crippen LogP contribution is -2.55. The lowest BCUT2D eigenvalue weighted by atomic mass is 10.0. The van der Waals surface area contributed by atoms with Crippen molar-refractivity contribution < 1.29 is 18.0 Å². The molecule has 2 amide bonds. The number of thioether (sulfide) groups is 1. The molecule has 0 radical (unpaired) electrons. The summed E-state index contributed by atoms with van der Waals surface area (Å²) in [6, 6.07) is 8.01. The molecule has 1 heterocycles. The molecule has 25 heavy (non-hydrogen) atoms. The molecule has 6 nitrogen and oxygen atoms in total. The quantitative estimate of drug-likeness (QED) is 0.738. The van der Waals surface area contributed by atoms with Gasteiger partial charge in [-0.3, -0.25) is 9.59 Å². The predicted octanol–water partition coefficient (Wildman–Crippen LogP) is 1.23. The van der Waals surface area contributed by atoms with Gasteiger partial charge in [0.2, 0.25) is 5.91 Å². The number of carbonyl (C=O) groups excluding carboxylic acids is 2. The highest BCUT2D eigenvalue weighted by Gasteiger charge is 2.40. The number of rotatable bonds is 7. The SMILES string of the molecule is CSCC[C@H](NC(=O)c1ccccc1)C(=O)N[C@]1(C)CCS(=O)(=O)C1. The van der Waals surface area contributed by atoms with Gasteiger partial charge in [0.05, 0.1) is 17.0 Å². The molecule has 0 unspecified atom stereocenters. The van der Waals surface area contributed by atoms with Gasteiger partial charge < -0.3 is 10.6 Å². The predicted molar refractivity (Wildman–Crippen MR) is 101 cm³/mol. The van der Waals surface area contributed by atoms with E-state index in [0.717, 1.165) is 0 Å². The zero-order chi connectivity index (χ0) is 18.5. The molecule has 0 aliphatic carbocycles. The summed E-state index contributed by atoms with van der Waals surface area (Å²) in [5.41, 5.74) is -0.288. The fourth-order valence-electron chi connectivity index (χ4n) is 2.83. The van der Waals surface area contributed by atoms with Crippen LogP contribution in [0.1, 0.15) is 30.1 Å². The summed E-state index contributed by atoms with van der Waals surface area (Å²) < 4.78 is 23.4. The zero-order valence-electron chi connectivity index (χ0n) is 14.4. The van der Waals surface area contributed by atoms with Crippen molar-refractivity contribution in [3.05, 3.63) is 35.9 Å². The first-order chi connectivity index (χ1) is 11.7. The summed E-state index contributed by atoms with van der Waals surface area (Å²) in [6.07, 6.45) is 2.80. The Balaban J connectivity index is 2.06. The molecular formula is C17H24N2O4S2. The maximum absolute atomic E-state index is 12.7. The highest BCUT2D eigenvalue weighted by molar-refractivity contribution is 7.98. The maximum atomic E-state index is 12.7. The van der Waals surface area contributed by atoms with Crippen molar-refractivity contribution in [3.8, 4) is 0 Å². The van der Waals surface area contributed by atoms with Crippen LogP contribution in [0.2, 0.25) is 0 Å². The molecule has 0 bridgehead atoms. The molecule has 1 aromatic carbocycles. The Bertz CT molecular complexity index is 721. The molecule has 2 N–H and O–H groups in total. The first kappa shape index (κ1) is 19.8. The molecule has 8 heteroatoms. The Kier molecular flexibility index (Phi) is 6.51. The number of sulfone groups is 1. The Labute approximate surface area is 153 Å². The van der Waals surface area contributed by atoms with Crippen molar-refractivity contribution in [2.45, 2.75) is 31.3 Å². The fraction of sp³-hybridized carbons (Fsp3) is 0.529. The third-order valence-electron chi connectivity index (χ3n) is 4.20. The second-order valence-corrected chi connectivity index (χ2v) is 9.74. The van der Waals surface area contributed by atoms with Crippen LogP contribution in [-0.2, 0) is 14.6 Å². The number of carbonyl (C=O) groups is 2. The van der Waals surface area contributed by atoms with Crippen LogP contribution < -0.4 is 10.6 Å². The molecule has 0 saturated carbocycles. The van der Waals surface area contributed by atoms with Gasteiger partial charge in [-0.25, -0.2) is 8.42 Å². The van der Waals surface area contributed by atoms with Gasteiger partial charge >= 0.3 is 0 Å². The van der Waals surface area contributed by atoms with E-state index in [-0.39, 0.29) is 23.3 Å². The molecule has 1 aromatic rings. The van der Waals surface area contributed by atoms with Crippen LogP contribution in [0, 0.1) is 0 Å². The van der Waals surface area contributed by atoms with Crippen LogP contribution in [0.15, 0.2) is 30.3 Å². The molecule has 1 aliphatic heterocycles. The van der Waals surface area contributed by atoms with Crippen molar-refractivity contribution in [2.75, 3.05) is 23.5 Å². The highest BCUT2D eigenvalue weighted by atomic mass is 32.2. The number of hydrogen-bond acceptors (Lipinski definition) is 5. The van der Waals surface area contributed by atoms with E-state index < -0.39 is 21.4 Å². The van der Waals surface area contributed by atoms with E-state index in [4.69, 9.17) is 0 Å². The molecule has 1 aliphatic rings. The minimum absolute atomic E-state index is 0.0619. The van der Waals surface area contributed by atoms with Crippen LogP contribution in [-0.4, -0.2) is 55.3 Å². The third kappa shape index (κ3) is 5.74. The van der Waals surface area contributed by atoms with Gasteiger partial charge in [0.1, 0.15) is 6.04 Å².